The predicted octanol–water partition coefficient (Wildman–Crippen LogP) is 6.19. The molecule has 0 bridgehead atoms. The monoisotopic (exact) mass is 374 g/mol. The summed E-state index contributed by atoms with van der Waals surface area (Å²) in [4.78, 5) is 0.381. The number of halogens is 3. The van der Waals surface area contributed by atoms with Gasteiger partial charge in [0.05, 0.1) is 6.10 Å². The van der Waals surface area contributed by atoms with E-state index in [2.05, 4.69) is 22.9 Å². The lowest BCUT2D eigenvalue weighted by Gasteiger charge is -2.02. The summed E-state index contributed by atoms with van der Waals surface area (Å²) in [6, 6.07) is 15.0. The van der Waals surface area contributed by atoms with E-state index in [9.17, 15) is 0 Å². The Bertz CT molecular complexity index is 492. The van der Waals surface area contributed by atoms with Gasteiger partial charge in [-0.15, -0.1) is 0 Å². The molecule has 0 aliphatic carbocycles. The lowest BCUT2D eigenvalue weighted by molar-refractivity contribution is 0.199. The van der Waals surface area contributed by atoms with Crippen molar-refractivity contribution in [2.75, 3.05) is 0 Å². The molecule has 0 fully saturated rings. The molecular formula is C16H17BrCl2O. The van der Waals surface area contributed by atoms with Crippen molar-refractivity contribution in [3.63, 3.8) is 0 Å². The Morgan fingerprint density at radius 2 is 1.35 bits per heavy atom. The summed E-state index contributed by atoms with van der Waals surface area (Å²) in [5.74, 6) is 0. The quantitative estimate of drug-likeness (QED) is 0.620. The first-order valence-corrected chi connectivity index (χ1v) is 7.90. The van der Waals surface area contributed by atoms with E-state index in [0.717, 1.165) is 10.6 Å². The Labute approximate surface area is 138 Å². The van der Waals surface area contributed by atoms with Crippen LogP contribution in [0.5, 0.6) is 0 Å². The van der Waals surface area contributed by atoms with Crippen molar-refractivity contribution in [2.24, 2.45) is 0 Å². The number of hydrogen-bond acceptors (Lipinski definition) is 1. The first-order valence-electron chi connectivity index (χ1n) is 6.23. The summed E-state index contributed by atoms with van der Waals surface area (Å²) in [6.07, 6.45) is -0.432. The molecule has 0 aromatic heterocycles. The van der Waals surface area contributed by atoms with Crippen molar-refractivity contribution in [3.05, 3.63) is 69.7 Å². The summed E-state index contributed by atoms with van der Waals surface area (Å²) in [5, 5.41) is 10.5. The number of hydrogen-bond donors (Lipinski definition) is 1. The largest absolute Gasteiger partial charge is 0.389 e. The minimum Gasteiger partial charge on any atom is -0.389 e. The molecule has 4 heteroatoms. The average Bonchev–Trinajstić information content (AvgIpc) is 2.39. The van der Waals surface area contributed by atoms with E-state index in [1.165, 1.54) is 5.56 Å². The molecule has 0 amide bonds. The van der Waals surface area contributed by atoms with Crippen LogP contribution in [0.25, 0.3) is 0 Å². The maximum Gasteiger partial charge on any atom is 0.0762 e. The molecule has 0 heterocycles. The SMILES string of the molecule is CC(Br)c1cccc(Cl)c1.CC(O)c1cccc(Cl)c1. The van der Waals surface area contributed by atoms with Crippen molar-refractivity contribution in [1.29, 1.82) is 0 Å². The van der Waals surface area contributed by atoms with Crippen LogP contribution in [0, 0.1) is 0 Å². The van der Waals surface area contributed by atoms with Crippen LogP contribution in [0.4, 0.5) is 0 Å². The highest BCUT2D eigenvalue weighted by atomic mass is 79.9. The van der Waals surface area contributed by atoms with Crippen LogP contribution in [-0.4, -0.2) is 5.11 Å². The first-order chi connectivity index (χ1) is 9.40. The van der Waals surface area contributed by atoms with Crippen molar-refractivity contribution >= 4 is 39.1 Å². The van der Waals surface area contributed by atoms with Crippen LogP contribution in [0.3, 0.4) is 0 Å². The summed E-state index contributed by atoms with van der Waals surface area (Å²) in [6.45, 7) is 3.79. The average molecular weight is 376 g/mol. The van der Waals surface area contributed by atoms with Crippen molar-refractivity contribution in [1.82, 2.24) is 0 Å². The molecule has 2 aromatic carbocycles. The fourth-order valence-corrected chi connectivity index (χ4v) is 2.20. The highest BCUT2D eigenvalue weighted by Gasteiger charge is 1.99. The Morgan fingerprint density at radius 3 is 1.65 bits per heavy atom. The molecule has 0 radical (unpaired) electrons. The van der Waals surface area contributed by atoms with Gasteiger partial charge in [-0.3, -0.25) is 0 Å². The third-order valence-electron chi connectivity index (χ3n) is 2.64. The van der Waals surface area contributed by atoms with Gasteiger partial charge in [-0.25, -0.2) is 0 Å². The van der Waals surface area contributed by atoms with E-state index in [-0.39, 0.29) is 0 Å². The molecule has 2 rings (SSSR count). The van der Waals surface area contributed by atoms with E-state index < -0.39 is 6.10 Å². The maximum absolute atomic E-state index is 9.09. The molecule has 0 aliphatic rings. The van der Waals surface area contributed by atoms with Gasteiger partial charge in [0.1, 0.15) is 0 Å². The molecule has 0 aliphatic heterocycles. The lowest BCUT2D eigenvalue weighted by Crippen LogP contribution is -1.88. The number of benzene rings is 2. The third-order valence-corrected chi connectivity index (χ3v) is 3.64. The smallest absolute Gasteiger partial charge is 0.0762 e. The highest BCUT2D eigenvalue weighted by molar-refractivity contribution is 9.09. The zero-order chi connectivity index (χ0) is 15.1. The molecule has 2 aromatic rings. The second-order valence-corrected chi connectivity index (χ2v) is 6.65. The Hall–Kier alpha value is -0.540. The second-order valence-electron chi connectivity index (χ2n) is 4.40. The van der Waals surface area contributed by atoms with Gasteiger partial charge in [0.15, 0.2) is 0 Å². The summed E-state index contributed by atoms with van der Waals surface area (Å²) in [5.41, 5.74) is 2.07. The minimum atomic E-state index is -0.432. The van der Waals surface area contributed by atoms with Gasteiger partial charge in [-0.1, -0.05) is 63.4 Å². The van der Waals surface area contributed by atoms with E-state index >= 15 is 0 Å². The normalized spacial score (nSPS) is 13.1. The Morgan fingerprint density at radius 1 is 0.900 bits per heavy atom. The lowest BCUT2D eigenvalue weighted by atomic mass is 10.1. The molecule has 108 valence electrons. The molecule has 0 saturated heterocycles. The van der Waals surface area contributed by atoms with E-state index in [0.29, 0.717) is 9.85 Å². The van der Waals surface area contributed by atoms with Crippen LogP contribution in [-0.2, 0) is 0 Å². The van der Waals surface area contributed by atoms with Gasteiger partial charge in [-0.05, 0) is 49.2 Å². The molecule has 0 saturated carbocycles. The van der Waals surface area contributed by atoms with Crippen LogP contribution < -0.4 is 0 Å². The van der Waals surface area contributed by atoms with Crippen LogP contribution >= 0.6 is 39.1 Å². The summed E-state index contributed by atoms with van der Waals surface area (Å²) in [7, 11) is 0. The number of rotatable bonds is 2. The zero-order valence-electron chi connectivity index (χ0n) is 11.4. The fraction of sp³-hybridized carbons (Fsp3) is 0.250. The predicted molar refractivity (Wildman–Crippen MR) is 90.9 cm³/mol. The van der Waals surface area contributed by atoms with Gasteiger partial charge in [0, 0.05) is 14.9 Å². The van der Waals surface area contributed by atoms with Gasteiger partial charge >= 0.3 is 0 Å². The maximum atomic E-state index is 9.09. The molecular weight excluding hydrogens is 359 g/mol. The van der Waals surface area contributed by atoms with Gasteiger partial charge in [-0.2, -0.15) is 0 Å². The van der Waals surface area contributed by atoms with E-state index in [4.69, 9.17) is 28.3 Å². The summed E-state index contributed by atoms with van der Waals surface area (Å²) >= 11 is 14.9. The number of aliphatic hydroxyl groups is 1. The Kier molecular flexibility index (Phi) is 7.60. The first kappa shape index (κ1) is 17.5. The van der Waals surface area contributed by atoms with Gasteiger partial charge < -0.3 is 5.11 Å². The number of alkyl halides is 1. The van der Waals surface area contributed by atoms with Crippen LogP contribution in [0.2, 0.25) is 10.0 Å². The molecule has 0 spiro atoms. The standard InChI is InChI=1S/C8H8BrCl.C8H9ClO/c1-6(9)7-3-2-4-8(10)5-7;1-6(10)7-3-2-4-8(9)5-7/h2-6H,1H3;2-6,10H,1H3. The van der Waals surface area contributed by atoms with Crippen molar-refractivity contribution in [3.8, 4) is 0 Å². The van der Waals surface area contributed by atoms with E-state index in [1.807, 2.05) is 36.4 Å². The third kappa shape index (κ3) is 6.27. The molecule has 1 N–H and O–H groups in total. The summed E-state index contributed by atoms with van der Waals surface area (Å²) < 4.78 is 0. The molecule has 1 nitrogen and oxygen atoms in total. The zero-order valence-corrected chi connectivity index (χ0v) is 14.5. The second kappa shape index (κ2) is 8.68. The highest BCUT2D eigenvalue weighted by Crippen LogP contribution is 2.23. The molecule has 2 atom stereocenters. The molecule has 20 heavy (non-hydrogen) atoms. The van der Waals surface area contributed by atoms with Gasteiger partial charge in [0.2, 0.25) is 0 Å². The molecule has 2 unspecified atom stereocenters. The minimum absolute atomic E-state index is 0.381. The number of aliphatic hydroxyl groups excluding tert-OH is 1. The Balaban J connectivity index is 0.000000200. The van der Waals surface area contributed by atoms with Crippen LogP contribution in [0.1, 0.15) is 35.9 Å². The van der Waals surface area contributed by atoms with Crippen LogP contribution in [0.15, 0.2) is 48.5 Å². The van der Waals surface area contributed by atoms with Crippen molar-refractivity contribution in [2.45, 2.75) is 24.8 Å². The van der Waals surface area contributed by atoms with Gasteiger partial charge in [0.25, 0.3) is 0 Å². The van der Waals surface area contributed by atoms with E-state index in [1.54, 1.807) is 19.1 Å². The van der Waals surface area contributed by atoms with Crippen molar-refractivity contribution < 1.29 is 5.11 Å². The fourth-order valence-electron chi connectivity index (χ4n) is 1.52. The topological polar surface area (TPSA) is 20.2 Å².